The van der Waals surface area contributed by atoms with Gasteiger partial charge in [0, 0.05) is 6.04 Å². The summed E-state index contributed by atoms with van der Waals surface area (Å²) in [5, 5.41) is 3.29. The molecule has 1 aromatic carbocycles. The molecule has 6 heteroatoms. The van der Waals surface area contributed by atoms with E-state index in [0.29, 0.717) is 18.3 Å². The molecule has 0 aliphatic heterocycles. The lowest BCUT2D eigenvalue weighted by molar-refractivity contribution is 0.598. The van der Waals surface area contributed by atoms with E-state index in [1.54, 1.807) is 12.3 Å². The normalized spacial score (nSPS) is 12.6. The number of benzene rings is 1. The van der Waals surface area contributed by atoms with Crippen molar-refractivity contribution in [2.45, 2.75) is 39.2 Å². The summed E-state index contributed by atoms with van der Waals surface area (Å²) in [6.45, 7) is 4.19. The smallest absolute Gasteiger partial charge is 0.233 e. The molecule has 0 amide bonds. The van der Waals surface area contributed by atoms with Crippen molar-refractivity contribution in [3.63, 3.8) is 0 Å². The zero-order chi connectivity index (χ0) is 17.4. The Bertz CT molecular complexity index is 716. The third kappa shape index (κ3) is 6.20. The van der Waals surface area contributed by atoms with Crippen molar-refractivity contribution in [1.82, 2.24) is 4.98 Å². The number of aryl methyl sites for hydroxylation is 1. The quantitative estimate of drug-likeness (QED) is 0.726. The molecule has 24 heavy (non-hydrogen) atoms. The minimum atomic E-state index is -3.38. The fourth-order valence-corrected chi connectivity index (χ4v) is 3.31. The lowest BCUT2D eigenvalue weighted by Crippen LogP contribution is -2.18. The maximum atomic E-state index is 12.1. The third-order valence-electron chi connectivity index (χ3n) is 3.77. The topological polar surface area (TPSA) is 71.1 Å². The first-order valence-electron chi connectivity index (χ1n) is 8.25. The number of sulfonamides is 1. The summed E-state index contributed by atoms with van der Waals surface area (Å²) in [6.07, 6.45) is 3.98. The number of pyridine rings is 1. The van der Waals surface area contributed by atoms with Crippen LogP contribution in [-0.2, 0) is 16.4 Å². The molecule has 2 N–H and O–H groups in total. The maximum Gasteiger partial charge on any atom is 0.233 e. The lowest BCUT2D eigenvalue weighted by Gasteiger charge is -2.13. The van der Waals surface area contributed by atoms with Gasteiger partial charge in [-0.15, -0.1) is 0 Å². The van der Waals surface area contributed by atoms with Crippen molar-refractivity contribution in [2.75, 3.05) is 15.8 Å². The lowest BCUT2D eigenvalue weighted by atomic mass is 10.1. The fraction of sp³-hybridized carbons (Fsp3) is 0.389. The standard InChI is InChI=1S/C18H25N3O2S/c1-3-15(2)20-17-11-12-18(19-14-17)21-24(22,23)13-7-10-16-8-5-4-6-9-16/h4-6,8-9,11-12,14-15,20H,3,7,10,13H2,1-2H3,(H,19,21). The van der Waals surface area contributed by atoms with E-state index in [1.165, 1.54) is 0 Å². The monoisotopic (exact) mass is 347 g/mol. The molecule has 2 aromatic rings. The summed E-state index contributed by atoms with van der Waals surface area (Å²) in [5.74, 6) is 0.431. The largest absolute Gasteiger partial charge is 0.381 e. The van der Waals surface area contributed by atoms with E-state index in [0.717, 1.165) is 24.1 Å². The number of anilines is 2. The van der Waals surface area contributed by atoms with Crippen LogP contribution in [0.3, 0.4) is 0 Å². The van der Waals surface area contributed by atoms with Gasteiger partial charge in [0.15, 0.2) is 0 Å². The fourth-order valence-electron chi connectivity index (χ4n) is 2.25. The molecule has 130 valence electrons. The number of nitrogens with zero attached hydrogens (tertiary/aromatic N) is 1. The van der Waals surface area contributed by atoms with E-state index in [9.17, 15) is 8.42 Å². The van der Waals surface area contributed by atoms with Crippen molar-refractivity contribution in [2.24, 2.45) is 0 Å². The van der Waals surface area contributed by atoms with Gasteiger partial charge in [0.1, 0.15) is 5.82 Å². The highest BCUT2D eigenvalue weighted by Crippen LogP contribution is 2.13. The average Bonchev–Trinajstić information content (AvgIpc) is 2.57. The van der Waals surface area contributed by atoms with Gasteiger partial charge in [-0.3, -0.25) is 4.72 Å². The molecule has 2 rings (SSSR count). The summed E-state index contributed by atoms with van der Waals surface area (Å²) >= 11 is 0. The molecule has 0 aliphatic carbocycles. The van der Waals surface area contributed by atoms with Crippen LogP contribution in [-0.4, -0.2) is 25.2 Å². The Hall–Kier alpha value is -2.08. The van der Waals surface area contributed by atoms with Gasteiger partial charge in [-0.05, 0) is 43.9 Å². The molecule has 1 aromatic heterocycles. The predicted octanol–water partition coefficient (Wildman–Crippen LogP) is 3.67. The average molecular weight is 347 g/mol. The van der Waals surface area contributed by atoms with Crippen LogP contribution in [0.2, 0.25) is 0 Å². The highest BCUT2D eigenvalue weighted by atomic mass is 32.2. The van der Waals surface area contributed by atoms with Gasteiger partial charge < -0.3 is 5.32 Å². The zero-order valence-corrected chi connectivity index (χ0v) is 15.0. The molecule has 0 saturated heterocycles. The second-order valence-electron chi connectivity index (χ2n) is 5.90. The first kappa shape index (κ1) is 18.3. The Morgan fingerprint density at radius 3 is 2.50 bits per heavy atom. The molecule has 0 bridgehead atoms. The molecule has 0 fully saturated rings. The maximum absolute atomic E-state index is 12.1. The SMILES string of the molecule is CCC(C)Nc1ccc(NS(=O)(=O)CCCc2ccccc2)nc1. The summed E-state index contributed by atoms with van der Waals surface area (Å²) in [4.78, 5) is 4.16. The van der Waals surface area contributed by atoms with E-state index < -0.39 is 10.0 Å². The van der Waals surface area contributed by atoms with E-state index in [1.807, 2.05) is 36.4 Å². The predicted molar refractivity (Wildman–Crippen MR) is 99.8 cm³/mol. The van der Waals surface area contributed by atoms with E-state index in [2.05, 4.69) is 28.9 Å². The molecule has 0 saturated carbocycles. The van der Waals surface area contributed by atoms with Crippen molar-refractivity contribution < 1.29 is 8.42 Å². The summed E-state index contributed by atoms with van der Waals surface area (Å²) in [6, 6.07) is 13.7. The van der Waals surface area contributed by atoms with Crippen LogP contribution in [0.4, 0.5) is 11.5 Å². The van der Waals surface area contributed by atoms with Crippen molar-refractivity contribution in [3.8, 4) is 0 Å². The molecule has 1 heterocycles. The van der Waals surface area contributed by atoms with Crippen LogP contribution in [0.15, 0.2) is 48.7 Å². The number of rotatable bonds is 9. The first-order chi connectivity index (χ1) is 11.5. The second kappa shape index (κ2) is 8.68. The van der Waals surface area contributed by atoms with Crippen LogP contribution in [0, 0.1) is 0 Å². The molecule has 0 radical (unpaired) electrons. The second-order valence-corrected chi connectivity index (χ2v) is 7.74. The molecule has 1 atom stereocenters. The van der Waals surface area contributed by atoms with E-state index >= 15 is 0 Å². The van der Waals surface area contributed by atoms with Crippen LogP contribution >= 0.6 is 0 Å². The number of hydrogen-bond donors (Lipinski definition) is 2. The minimum Gasteiger partial charge on any atom is -0.381 e. The summed E-state index contributed by atoms with van der Waals surface area (Å²) in [7, 11) is -3.38. The van der Waals surface area contributed by atoms with Gasteiger partial charge in [-0.1, -0.05) is 37.3 Å². The molecule has 5 nitrogen and oxygen atoms in total. The van der Waals surface area contributed by atoms with Gasteiger partial charge in [-0.25, -0.2) is 13.4 Å². The Kier molecular flexibility index (Phi) is 6.61. The molecular weight excluding hydrogens is 322 g/mol. The summed E-state index contributed by atoms with van der Waals surface area (Å²) < 4.78 is 26.8. The Labute approximate surface area is 144 Å². The van der Waals surface area contributed by atoms with Crippen LogP contribution < -0.4 is 10.0 Å². The Balaban J connectivity index is 1.84. The van der Waals surface area contributed by atoms with Gasteiger partial charge in [0.2, 0.25) is 10.0 Å². The molecular formula is C18H25N3O2S. The van der Waals surface area contributed by atoms with Gasteiger partial charge >= 0.3 is 0 Å². The molecule has 0 spiro atoms. The van der Waals surface area contributed by atoms with Crippen LogP contribution in [0.5, 0.6) is 0 Å². The minimum absolute atomic E-state index is 0.0798. The zero-order valence-electron chi connectivity index (χ0n) is 14.2. The Morgan fingerprint density at radius 1 is 1.12 bits per heavy atom. The van der Waals surface area contributed by atoms with Gasteiger partial charge in [0.25, 0.3) is 0 Å². The first-order valence-corrected chi connectivity index (χ1v) is 9.91. The number of aromatic nitrogens is 1. The van der Waals surface area contributed by atoms with Crippen LogP contribution in [0.1, 0.15) is 32.3 Å². The van der Waals surface area contributed by atoms with Gasteiger partial charge in [0.05, 0.1) is 17.6 Å². The molecule has 0 aliphatic rings. The highest BCUT2D eigenvalue weighted by molar-refractivity contribution is 7.92. The number of nitrogens with one attached hydrogen (secondary N) is 2. The highest BCUT2D eigenvalue weighted by Gasteiger charge is 2.11. The molecule has 1 unspecified atom stereocenters. The van der Waals surface area contributed by atoms with Crippen LogP contribution in [0.25, 0.3) is 0 Å². The van der Waals surface area contributed by atoms with E-state index in [-0.39, 0.29) is 5.75 Å². The van der Waals surface area contributed by atoms with Crippen molar-refractivity contribution in [3.05, 3.63) is 54.2 Å². The van der Waals surface area contributed by atoms with Gasteiger partial charge in [-0.2, -0.15) is 0 Å². The third-order valence-corrected chi connectivity index (χ3v) is 5.12. The van der Waals surface area contributed by atoms with Crippen molar-refractivity contribution in [1.29, 1.82) is 0 Å². The Morgan fingerprint density at radius 2 is 1.88 bits per heavy atom. The van der Waals surface area contributed by atoms with Crippen molar-refractivity contribution >= 4 is 21.5 Å². The number of hydrogen-bond acceptors (Lipinski definition) is 4. The van der Waals surface area contributed by atoms with E-state index in [4.69, 9.17) is 0 Å². The summed E-state index contributed by atoms with van der Waals surface area (Å²) in [5.41, 5.74) is 2.03.